The molecule has 1 rings (SSSR count). The quantitative estimate of drug-likeness (QED) is 0.331. The van der Waals surface area contributed by atoms with Crippen molar-refractivity contribution in [3.8, 4) is 0 Å². The van der Waals surface area contributed by atoms with Crippen LogP contribution >= 0.6 is 0 Å². The molecule has 2 amide bonds. The summed E-state index contributed by atoms with van der Waals surface area (Å²) in [4.78, 5) is 26.6. The predicted octanol–water partition coefficient (Wildman–Crippen LogP) is 5.95. The molecule has 0 aliphatic carbocycles. The number of hydrogen-bond acceptors (Lipinski definition) is 5. The molecule has 8 heteroatoms. The molecule has 33 heavy (non-hydrogen) atoms. The van der Waals surface area contributed by atoms with Crippen LogP contribution < -0.4 is 5.32 Å². The van der Waals surface area contributed by atoms with E-state index in [9.17, 15) is 9.59 Å². The van der Waals surface area contributed by atoms with E-state index in [-0.39, 0.29) is 17.7 Å². The molecule has 1 atom stereocenters. The largest absolute Gasteiger partial charge is 0.445 e. The topological polar surface area (TPSA) is 77.1 Å². The average Bonchev–Trinajstić information content (AvgIpc) is 2.67. The minimum absolute atomic E-state index is 0.135. The van der Waals surface area contributed by atoms with Crippen LogP contribution in [0, 0.1) is 0 Å². The van der Waals surface area contributed by atoms with E-state index >= 15 is 0 Å². The van der Waals surface area contributed by atoms with Crippen LogP contribution in [0.3, 0.4) is 0 Å². The SMILES string of the molecule is CC(CN(CCCO[Si](C)(C)C(C)(C)C)C(=O)OC(C)(C)C)NC(=O)OCc1ccccc1. The van der Waals surface area contributed by atoms with Crippen LogP contribution in [0.25, 0.3) is 0 Å². The second-order valence-electron chi connectivity index (χ2n) is 11.0. The Hall–Kier alpha value is -2.06. The first-order valence-corrected chi connectivity index (χ1v) is 14.6. The third-order valence-corrected chi connectivity index (χ3v) is 10.1. The first kappa shape index (κ1) is 29.0. The molecule has 0 heterocycles. The summed E-state index contributed by atoms with van der Waals surface area (Å²) in [5.41, 5.74) is 0.315. The van der Waals surface area contributed by atoms with Crippen molar-refractivity contribution >= 4 is 20.5 Å². The second-order valence-corrected chi connectivity index (χ2v) is 15.8. The van der Waals surface area contributed by atoms with Crippen molar-refractivity contribution in [2.75, 3.05) is 19.7 Å². The fourth-order valence-electron chi connectivity index (χ4n) is 2.73. The summed E-state index contributed by atoms with van der Waals surface area (Å²) in [6.07, 6.45) is -0.227. The standard InChI is InChI=1S/C25H44N2O5Si/c1-20(26-22(28)30-19-21-14-11-10-12-15-21)18-27(23(29)32-24(2,3)4)16-13-17-31-33(8,9)25(5,6)7/h10-12,14-15,20H,13,16-19H2,1-9H3,(H,26,28). The maximum Gasteiger partial charge on any atom is 0.410 e. The number of hydrogen-bond donors (Lipinski definition) is 1. The minimum atomic E-state index is -1.84. The molecule has 0 spiro atoms. The van der Waals surface area contributed by atoms with E-state index in [1.807, 2.05) is 58.0 Å². The zero-order chi connectivity index (χ0) is 25.3. The Bertz CT molecular complexity index is 741. The molecule has 1 aromatic carbocycles. The molecule has 0 aliphatic heterocycles. The summed E-state index contributed by atoms with van der Waals surface area (Å²) in [5.74, 6) is 0. The fraction of sp³-hybridized carbons (Fsp3) is 0.680. The van der Waals surface area contributed by atoms with Gasteiger partial charge in [0.25, 0.3) is 0 Å². The molecule has 0 fully saturated rings. The van der Waals surface area contributed by atoms with Crippen LogP contribution in [0.2, 0.25) is 18.1 Å². The summed E-state index contributed by atoms with van der Waals surface area (Å²) in [6.45, 7) is 20.0. The zero-order valence-electron chi connectivity index (χ0n) is 22.0. The van der Waals surface area contributed by atoms with Crippen molar-refractivity contribution in [2.45, 2.75) is 91.3 Å². The van der Waals surface area contributed by atoms with E-state index in [0.29, 0.717) is 26.1 Å². The highest BCUT2D eigenvalue weighted by Gasteiger charge is 2.37. The summed E-state index contributed by atoms with van der Waals surface area (Å²) in [6, 6.07) is 9.19. The number of carbonyl (C=O) groups excluding carboxylic acids is 2. The fourth-order valence-corrected chi connectivity index (χ4v) is 3.81. The van der Waals surface area contributed by atoms with Crippen molar-refractivity contribution < 1.29 is 23.5 Å². The average molecular weight is 481 g/mol. The summed E-state index contributed by atoms with van der Waals surface area (Å²) in [7, 11) is -1.84. The summed E-state index contributed by atoms with van der Waals surface area (Å²) < 4.78 is 17.1. The predicted molar refractivity (Wildman–Crippen MR) is 135 cm³/mol. The summed E-state index contributed by atoms with van der Waals surface area (Å²) in [5, 5.41) is 2.93. The van der Waals surface area contributed by atoms with Gasteiger partial charge in [-0.25, -0.2) is 9.59 Å². The van der Waals surface area contributed by atoms with Gasteiger partial charge in [0.15, 0.2) is 8.32 Å². The molecule has 0 aliphatic rings. The monoisotopic (exact) mass is 480 g/mol. The molecule has 188 valence electrons. The van der Waals surface area contributed by atoms with Gasteiger partial charge in [-0.2, -0.15) is 0 Å². The number of amides is 2. The van der Waals surface area contributed by atoms with Gasteiger partial charge in [0.05, 0.1) is 0 Å². The third kappa shape index (κ3) is 11.6. The van der Waals surface area contributed by atoms with Gasteiger partial charge in [-0.05, 0) is 57.8 Å². The normalized spacial score (nSPS) is 13.2. The number of nitrogens with zero attached hydrogens (tertiary/aromatic N) is 1. The third-order valence-electron chi connectivity index (χ3n) is 5.56. The maximum absolute atomic E-state index is 12.8. The van der Waals surface area contributed by atoms with Crippen molar-refractivity contribution in [3.63, 3.8) is 0 Å². The van der Waals surface area contributed by atoms with E-state index in [2.05, 4.69) is 39.2 Å². The van der Waals surface area contributed by atoms with Gasteiger partial charge in [-0.1, -0.05) is 51.1 Å². The Morgan fingerprint density at radius 3 is 2.21 bits per heavy atom. The van der Waals surface area contributed by atoms with E-state index in [4.69, 9.17) is 13.9 Å². The van der Waals surface area contributed by atoms with E-state index in [1.165, 1.54) is 0 Å². The molecular formula is C25H44N2O5Si. The van der Waals surface area contributed by atoms with Gasteiger partial charge in [0.2, 0.25) is 0 Å². The number of alkyl carbamates (subject to hydrolysis) is 1. The number of benzene rings is 1. The lowest BCUT2D eigenvalue weighted by atomic mass is 10.2. The maximum atomic E-state index is 12.8. The first-order valence-electron chi connectivity index (χ1n) is 11.7. The first-order chi connectivity index (χ1) is 15.1. The Morgan fingerprint density at radius 1 is 1.06 bits per heavy atom. The summed E-state index contributed by atoms with van der Waals surface area (Å²) >= 11 is 0. The van der Waals surface area contributed by atoms with Crippen LogP contribution in [-0.4, -0.2) is 56.7 Å². The zero-order valence-corrected chi connectivity index (χ0v) is 23.0. The molecule has 0 saturated carbocycles. The van der Waals surface area contributed by atoms with Crippen LogP contribution in [0.15, 0.2) is 30.3 Å². The van der Waals surface area contributed by atoms with E-state index in [0.717, 1.165) is 5.56 Å². The van der Waals surface area contributed by atoms with Gasteiger partial charge in [-0.3, -0.25) is 0 Å². The van der Waals surface area contributed by atoms with Crippen molar-refractivity contribution in [2.24, 2.45) is 0 Å². The molecule has 0 saturated heterocycles. The van der Waals surface area contributed by atoms with Crippen LogP contribution in [0.4, 0.5) is 9.59 Å². The Balaban J connectivity index is 2.62. The molecule has 1 unspecified atom stereocenters. The molecule has 0 radical (unpaired) electrons. The molecule has 1 aromatic rings. The lowest BCUT2D eigenvalue weighted by Crippen LogP contribution is -2.47. The van der Waals surface area contributed by atoms with Crippen molar-refractivity contribution in [3.05, 3.63) is 35.9 Å². The smallest absolute Gasteiger partial charge is 0.410 e. The molecular weight excluding hydrogens is 436 g/mol. The Kier molecular flexibility index (Phi) is 10.9. The highest BCUT2D eigenvalue weighted by Crippen LogP contribution is 2.36. The molecule has 1 N–H and O–H groups in total. The highest BCUT2D eigenvalue weighted by molar-refractivity contribution is 6.74. The minimum Gasteiger partial charge on any atom is -0.445 e. The Labute approximate surface area is 201 Å². The van der Waals surface area contributed by atoms with E-state index < -0.39 is 26.1 Å². The van der Waals surface area contributed by atoms with Crippen molar-refractivity contribution in [1.82, 2.24) is 10.2 Å². The number of nitrogens with one attached hydrogen (secondary N) is 1. The number of ether oxygens (including phenoxy) is 2. The molecule has 7 nitrogen and oxygen atoms in total. The molecule has 0 aromatic heterocycles. The van der Waals surface area contributed by atoms with Crippen molar-refractivity contribution in [1.29, 1.82) is 0 Å². The van der Waals surface area contributed by atoms with Gasteiger partial charge in [-0.15, -0.1) is 0 Å². The van der Waals surface area contributed by atoms with Crippen LogP contribution in [0.5, 0.6) is 0 Å². The van der Waals surface area contributed by atoms with Gasteiger partial charge < -0.3 is 24.1 Å². The van der Waals surface area contributed by atoms with Gasteiger partial charge >= 0.3 is 12.2 Å². The lowest BCUT2D eigenvalue weighted by Gasteiger charge is -2.36. The Morgan fingerprint density at radius 2 is 1.67 bits per heavy atom. The van der Waals surface area contributed by atoms with Crippen LogP contribution in [0.1, 0.15) is 60.5 Å². The highest BCUT2D eigenvalue weighted by atomic mass is 28.4. The number of rotatable bonds is 10. The van der Waals surface area contributed by atoms with E-state index in [1.54, 1.807) is 4.90 Å². The van der Waals surface area contributed by atoms with Gasteiger partial charge in [0, 0.05) is 25.7 Å². The molecule has 0 bridgehead atoms. The van der Waals surface area contributed by atoms with Gasteiger partial charge in [0.1, 0.15) is 12.2 Å². The number of carbonyl (C=O) groups is 2. The second kappa shape index (κ2) is 12.4. The van der Waals surface area contributed by atoms with Crippen LogP contribution in [-0.2, 0) is 20.5 Å². The lowest BCUT2D eigenvalue weighted by molar-refractivity contribution is 0.0223.